The first-order chi connectivity index (χ1) is 18.2. The lowest BCUT2D eigenvalue weighted by Gasteiger charge is -2.35. The molecule has 0 fully saturated rings. The maximum absolute atomic E-state index is 13.3. The zero-order valence-electron chi connectivity index (χ0n) is 21.9. The van der Waals surface area contributed by atoms with E-state index in [0.717, 1.165) is 22.3 Å². The van der Waals surface area contributed by atoms with Crippen LogP contribution in [0.25, 0.3) is 11.3 Å². The van der Waals surface area contributed by atoms with Gasteiger partial charge in [0.1, 0.15) is 17.8 Å². The Labute approximate surface area is 220 Å². The summed E-state index contributed by atoms with van der Waals surface area (Å²) >= 11 is 0. The number of carbonyl (C=O) groups excluding carboxylic acids is 2. The van der Waals surface area contributed by atoms with Gasteiger partial charge in [-0.05, 0) is 44.9 Å². The summed E-state index contributed by atoms with van der Waals surface area (Å²) < 4.78 is 24.4. The van der Waals surface area contributed by atoms with Gasteiger partial charge in [0.2, 0.25) is 0 Å². The van der Waals surface area contributed by atoms with Gasteiger partial charge in [-0.1, -0.05) is 30.3 Å². The Morgan fingerprint density at radius 2 is 1.87 bits per heavy atom. The summed E-state index contributed by atoms with van der Waals surface area (Å²) in [6.07, 6.45) is 1.34. The van der Waals surface area contributed by atoms with Crippen molar-refractivity contribution in [3.05, 3.63) is 81.1 Å². The Bertz CT molecular complexity index is 1450. The molecule has 0 spiro atoms. The number of esters is 1. The highest BCUT2D eigenvalue weighted by atomic mass is 16.6. The van der Waals surface area contributed by atoms with Gasteiger partial charge in [0.25, 0.3) is 0 Å². The number of amides is 1. The molecule has 9 heteroatoms. The standard InChI is InChI=1S/C29H30N2O7/c1-5-35-27(33)21-16-30-22(14-23(21)32)25-19(15-31(30)28(34)38-29(2,3)4)13-24(26-20(25)11-12-36-26)37-17-18-9-7-6-8-10-18/h6-10,13-14,16H,5,11-12,15,17H2,1-4H3. The normalized spacial score (nSPS) is 13.6. The maximum Gasteiger partial charge on any atom is 0.429 e. The van der Waals surface area contributed by atoms with Gasteiger partial charge < -0.3 is 18.9 Å². The second kappa shape index (κ2) is 9.89. The Hall–Kier alpha value is -4.27. The number of aromatic nitrogens is 1. The molecule has 0 bridgehead atoms. The SMILES string of the molecule is CCOC(=O)c1cn2c(cc1=O)-c1c(cc(OCc3ccccc3)c3c1CCO3)CN2C(=O)OC(C)(C)C. The molecule has 2 aliphatic heterocycles. The van der Waals surface area contributed by atoms with Gasteiger partial charge in [-0.2, -0.15) is 0 Å². The predicted molar refractivity (Wildman–Crippen MR) is 140 cm³/mol. The molecule has 3 aromatic rings. The van der Waals surface area contributed by atoms with Crippen molar-refractivity contribution in [1.29, 1.82) is 0 Å². The molecule has 198 valence electrons. The van der Waals surface area contributed by atoms with Gasteiger partial charge in [0, 0.05) is 29.8 Å². The summed E-state index contributed by atoms with van der Waals surface area (Å²) in [6.45, 7) is 8.07. The van der Waals surface area contributed by atoms with Crippen molar-refractivity contribution in [1.82, 2.24) is 4.68 Å². The highest BCUT2D eigenvalue weighted by Gasteiger charge is 2.35. The maximum atomic E-state index is 13.3. The van der Waals surface area contributed by atoms with Crippen molar-refractivity contribution in [2.24, 2.45) is 0 Å². The minimum absolute atomic E-state index is 0.120. The van der Waals surface area contributed by atoms with E-state index in [4.69, 9.17) is 18.9 Å². The van der Waals surface area contributed by atoms with Gasteiger partial charge in [-0.15, -0.1) is 0 Å². The molecule has 0 atom stereocenters. The molecule has 0 unspecified atom stereocenters. The number of nitrogens with zero attached hydrogens (tertiary/aromatic N) is 2. The zero-order chi connectivity index (χ0) is 27.0. The van der Waals surface area contributed by atoms with E-state index in [-0.39, 0.29) is 18.7 Å². The van der Waals surface area contributed by atoms with Crippen LogP contribution in [0, 0.1) is 0 Å². The van der Waals surface area contributed by atoms with Gasteiger partial charge in [0.15, 0.2) is 16.9 Å². The monoisotopic (exact) mass is 518 g/mol. The molecule has 0 N–H and O–H groups in total. The van der Waals surface area contributed by atoms with Crippen LogP contribution in [-0.4, -0.2) is 35.6 Å². The number of hydrogen-bond acceptors (Lipinski definition) is 7. The van der Waals surface area contributed by atoms with Crippen LogP contribution in [0.2, 0.25) is 0 Å². The summed E-state index contributed by atoms with van der Waals surface area (Å²) in [4.78, 5) is 38.9. The third-order valence-electron chi connectivity index (χ3n) is 6.23. The summed E-state index contributed by atoms with van der Waals surface area (Å²) in [5.41, 5.74) is 2.53. The highest BCUT2D eigenvalue weighted by Crippen LogP contribution is 2.46. The lowest BCUT2D eigenvalue weighted by Crippen LogP contribution is -2.46. The first kappa shape index (κ1) is 25.4. The molecule has 38 heavy (non-hydrogen) atoms. The number of pyridine rings is 1. The molecule has 0 radical (unpaired) electrons. The van der Waals surface area contributed by atoms with E-state index in [1.165, 1.54) is 21.9 Å². The zero-order valence-corrected chi connectivity index (χ0v) is 21.9. The lowest BCUT2D eigenvalue weighted by molar-refractivity contribution is 0.0506. The number of benzene rings is 2. The van der Waals surface area contributed by atoms with Gasteiger partial charge in [-0.25, -0.2) is 14.6 Å². The molecule has 2 aromatic carbocycles. The van der Waals surface area contributed by atoms with E-state index in [1.54, 1.807) is 27.7 Å². The Morgan fingerprint density at radius 3 is 2.58 bits per heavy atom. The molecule has 9 nitrogen and oxygen atoms in total. The van der Waals surface area contributed by atoms with Crippen molar-refractivity contribution < 1.29 is 28.5 Å². The Morgan fingerprint density at radius 1 is 1.11 bits per heavy atom. The number of carbonyl (C=O) groups is 2. The molecular weight excluding hydrogens is 488 g/mol. The van der Waals surface area contributed by atoms with Crippen molar-refractivity contribution in [3.63, 3.8) is 0 Å². The van der Waals surface area contributed by atoms with E-state index in [9.17, 15) is 14.4 Å². The number of fused-ring (bicyclic) bond motifs is 5. The molecule has 0 saturated carbocycles. The summed E-state index contributed by atoms with van der Waals surface area (Å²) in [6, 6.07) is 13.0. The summed E-state index contributed by atoms with van der Waals surface area (Å²) in [7, 11) is 0. The molecular formula is C29H30N2O7. The van der Waals surface area contributed by atoms with Crippen LogP contribution in [0.3, 0.4) is 0 Å². The van der Waals surface area contributed by atoms with Crippen LogP contribution in [0.4, 0.5) is 4.79 Å². The number of rotatable bonds is 5. The van der Waals surface area contributed by atoms with Crippen LogP contribution < -0.4 is 19.9 Å². The molecule has 1 aromatic heterocycles. The number of ether oxygens (including phenoxy) is 4. The van der Waals surface area contributed by atoms with Gasteiger partial charge in [-0.3, -0.25) is 9.47 Å². The Balaban J connectivity index is 1.64. The first-order valence-electron chi connectivity index (χ1n) is 12.6. The fraction of sp³-hybridized carbons (Fsp3) is 0.345. The van der Waals surface area contributed by atoms with Crippen LogP contribution in [0.15, 0.2) is 53.5 Å². The quantitative estimate of drug-likeness (QED) is 0.456. The smallest absolute Gasteiger partial charge is 0.429 e. The minimum Gasteiger partial charge on any atom is -0.489 e. The predicted octanol–water partition coefficient (Wildman–Crippen LogP) is 4.59. The lowest BCUT2D eigenvalue weighted by atomic mass is 9.93. The third kappa shape index (κ3) is 4.83. The molecule has 2 aliphatic rings. The average molecular weight is 519 g/mol. The molecule has 0 saturated heterocycles. The Kier molecular flexibility index (Phi) is 6.60. The largest absolute Gasteiger partial charge is 0.489 e. The highest BCUT2D eigenvalue weighted by molar-refractivity contribution is 5.91. The van der Waals surface area contributed by atoms with E-state index >= 15 is 0 Å². The van der Waals surface area contributed by atoms with Crippen LogP contribution in [0.5, 0.6) is 11.5 Å². The number of hydrogen-bond donors (Lipinski definition) is 0. The second-order valence-electron chi connectivity index (χ2n) is 10.1. The van der Waals surface area contributed by atoms with Crippen molar-refractivity contribution in [2.75, 3.05) is 18.2 Å². The molecule has 3 heterocycles. The molecule has 1 amide bonds. The molecule has 0 aliphatic carbocycles. The summed E-state index contributed by atoms with van der Waals surface area (Å²) in [5, 5.41) is 1.37. The van der Waals surface area contributed by atoms with Crippen LogP contribution >= 0.6 is 0 Å². The van der Waals surface area contributed by atoms with Gasteiger partial charge in [0.05, 0.1) is 25.5 Å². The van der Waals surface area contributed by atoms with E-state index in [1.807, 2.05) is 36.4 Å². The van der Waals surface area contributed by atoms with E-state index < -0.39 is 23.1 Å². The molecule has 5 rings (SSSR count). The van der Waals surface area contributed by atoms with Crippen molar-refractivity contribution in [3.8, 4) is 22.8 Å². The van der Waals surface area contributed by atoms with E-state index in [0.29, 0.717) is 36.8 Å². The first-order valence-corrected chi connectivity index (χ1v) is 12.6. The summed E-state index contributed by atoms with van der Waals surface area (Å²) in [5.74, 6) is 0.447. The fourth-order valence-corrected chi connectivity index (χ4v) is 4.67. The second-order valence-corrected chi connectivity index (χ2v) is 10.1. The van der Waals surface area contributed by atoms with E-state index in [2.05, 4.69) is 0 Å². The van der Waals surface area contributed by atoms with Crippen molar-refractivity contribution in [2.45, 2.75) is 52.9 Å². The van der Waals surface area contributed by atoms with Crippen molar-refractivity contribution >= 4 is 12.1 Å². The van der Waals surface area contributed by atoms with Crippen LogP contribution in [0.1, 0.15) is 54.7 Å². The topological polar surface area (TPSA) is 96.3 Å². The minimum atomic E-state index is -0.754. The van der Waals surface area contributed by atoms with Gasteiger partial charge >= 0.3 is 12.1 Å². The third-order valence-corrected chi connectivity index (χ3v) is 6.23. The van der Waals surface area contributed by atoms with Crippen LogP contribution in [-0.2, 0) is 29.0 Å². The average Bonchev–Trinajstić information content (AvgIpc) is 3.36. The fourth-order valence-electron chi connectivity index (χ4n) is 4.67.